The van der Waals surface area contributed by atoms with Gasteiger partial charge in [0.15, 0.2) is 5.60 Å². The Kier molecular flexibility index (Phi) is 4.74. The summed E-state index contributed by atoms with van der Waals surface area (Å²) < 4.78 is 4.59. The number of carbonyl (C=O) groups excluding carboxylic acids is 1. The second-order valence-electron chi connectivity index (χ2n) is 5.08. The molecule has 1 N–H and O–H groups in total. The van der Waals surface area contributed by atoms with E-state index in [4.69, 9.17) is 0 Å². The zero-order chi connectivity index (χ0) is 12.2. The Morgan fingerprint density at radius 2 is 2.19 bits per heavy atom. The number of ether oxygens (including phenoxy) is 1. The molecule has 0 aliphatic carbocycles. The predicted molar refractivity (Wildman–Crippen MR) is 62.1 cm³/mol. The summed E-state index contributed by atoms with van der Waals surface area (Å²) in [5.41, 5.74) is -1.39. The molecule has 1 heterocycles. The molecule has 4 nitrogen and oxygen atoms in total. The van der Waals surface area contributed by atoms with E-state index in [0.29, 0.717) is 6.54 Å². The van der Waals surface area contributed by atoms with Gasteiger partial charge in [0.2, 0.25) is 0 Å². The lowest BCUT2D eigenvalue weighted by atomic mass is 10.0. The Balaban J connectivity index is 2.49. The van der Waals surface area contributed by atoms with Gasteiger partial charge >= 0.3 is 5.97 Å². The van der Waals surface area contributed by atoms with E-state index in [1.54, 1.807) is 0 Å². The molecule has 0 aromatic heterocycles. The molecule has 0 saturated carbocycles. The fourth-order valence-electron chi connectivity index (χ4n) is 2.20. The van der Waals surface area contributed by atoms with Gasteiger partial charge in [0, 0.05) is 6.54 Å². The number of rotatable bonds is 3. The molecule has 1 aliphatic rings. The van der Waals surface area contributed by atoms with Gasteiger partial charge in [0.1, 0.15) is 0 Å². The van der Waals surface area contributed by atoms with E-state index in [-0.39, 0.29) is 0 Å². The van der Waals surface area contributed by atoms with Crippen molar-refractivity contribution in [3.8, 4) is 0 Å². The van der Waals surface area contributed by atoms with Crippen LogP contribution in [0.1, 0.15) is 33.1 Å². The minimum Gasteiger partial charge on any atom is -0.467 e. The maximum atomic E-state index is 11.4. The Bertz CT molecular complexity index is 240. The third kappa shape index (κ3) is 3.76. The summed E-state index contributed by atoms with van der Waals surface area (Å²) in [5, 5.41) is 9.98. The quantitative estimate of drug-likeness (QED) is 0.734. The first kappa shape index (κ1) is 13.5. The van der Waals surface area contributed by atoms with Crippen molar-refractivity contribution in [2.75, 3.05) is 26.7 Å². The Hall–Kier alpha value is -0.610. The SMILES string of the molecule is COC(=O)C(C)(O)CN1CCCC(C)CC1. The van der Waals surface area contributed by atoms with E-state index < -0.39 is 11.6 Å². The van der Waals surface area contributed by atoms with Gasteiger partial charge in [-0.1, -0.05) is 6.92 Å². The van der Waals surface area contributed by atoms with Crippen molar-refractivity contribution in [1.29, 1.82) is 0 Å². The third-order valence-corrected chi connectivity index (χ3v) is 3.27. The molecule has 1 fully saturated rings. The van der Waals surface area contributed by atoms with Crippen molar-refractivity contribution in [2.45, 2.75) is 38.7 Å². The lowest BCUT2D eigenvalue weighted by Crippen LogP contribution is -2.47. The number of carbonyl (C=O) groups is 1. The van der Waals surface area contributed by atoms with Crippen LogP contribution in [0.25, 0.3) is 0 Å². The Morgan fingerprint density at radius 1 is 1.50 bits per heavy atom. The number of likely N-dealkylation sites (tertiary alicyclic amines) is 1. The normalized spacial score (nSPS) is 26.9. The van der Waals surface area contributed by atoms with Crippen molar-refractivity contribution >= 4 is 5.97 Å². The molecule has 4 heteroatoms. The van der Waals surface area contributed by atoms with Gasteiger partial charge in [-0.15, -0.1) is 0 Å². The third-order valence-electron chi connectivity index (χ3n) is 3.27. The zero-order valence-electron chi connectivity index (χ0n) is 10.5. The summed E-state index contributed by atoms with van der Waals surface area (Å²) in [6, 6.07) is 0. The highest BCUT2D eigenvalue weighted by molar-refractivity contribution is 5.78. The minimum absolute atomic E-state index is 0.367. The van der Waals surface area contributed by atoms with E-state index in [1.807, 2.05) is 0 Å². The van der Waals surface area contributed by atoms with Gasteiger partial charge in [0.25, 0.3) is 0 Å². The van der Waals surface area contributed by atoms with Gasteiger partial charge in [-0.3, -0.25) is 4.90 Å². The molecule has 0 spiro atoms. The van der Waals surface area contributed by atoms with Gasteiger partial charge in [-0.05, 0) is 45.2 Å². The maximum absolute atomic E-state index is 11.4. The second-order valence-corrected chi connectivity index (χ2v) is 5.08. The van der Waals surface area contributed by atoms with Crippen molar-refractivity contribution < 1.29 is 14.6 Å². The van der Waals surface area contributed by atoms with E-state index in [9.17, 15) is 9.90 Å². The molecule has 0 bridgehead atoms. The van der Waals surface area contributed by atoms with Crippen LogP contribution in [0.5, 0.6) is 0 Å². The summed E-state index contributed by atoms with van der Waals surface area (Å²) in [6.07, 6.45) is 3.51. The van der Waals surface area contributed by atoms with E-state index >= 15 is 0 Å². The van der Waals surface area contributed by atoms with Crippen molar-refractivity contribution in [1.82, 2.24) is 4.90 Å². The number of methoxy groups -OCH3 is 1. The summed E-state index contributed by atoms with van der Waals surface area (Å²) in [4.78, 5) is 13.5. The smallest absolute Gasteiger partial charge is 0.338 e. The maximum Gasteiger partial charge on any atom is 0.338 e. The number of esters is 1. The minimum atomic E-state index is -1.39. The molecule has 0 aromatic carbocycles. The summed E-state index contributed by atoms with van der Waals surface area (Å²) >= 11 is 0. The van der Waals surface area contributed by atoms with E-state index in [2.05, 4.69) is 16.6 Å². The van der Waals surface area contributed by atoms with Crippen LogP contribution >= 0.6 is 0 Å². The van der Waals surface area contributed by atoms with E-state index in [1.165, 1.54) is 20.5 Å². The van der Waals surface area contributed by atoms with Crippen molar-refractivity contribution in [2.24, 2.45) is 5.92 Å². The first-order chi connectivity index (χ1) is 7.45. The highest BCUT2D eigenvalue weighted by atomic mass is 16.5. The largest absolute Gasteiger partial charge is 0.467 e. The van der Waals surface area contributed by atoms with Gasteiger partial charge in [-0.25, -0.2) is 4.79 Å². The average molecular weight is 229 g/mol. The molecule has 1 aliphatic heterocycles. The molecular weight excluding hydrogens is 206 g/mol. The molecule has 16 heavy (non-hydrogen) atoms. The van der Waals surface area contributed by atoms with Gasteiger partial charge < -0.3 is 9.84 Å². The molecule has 2 atom stereocenters. The summed E-state index contributed by atoms with van der Waals surface area (Å²) in [5.74, 6) is 0.192. The lowest BCUT2D eigenvalue weighted by molar-refractivity contribution is -0.162. The number of hydrogen-bond acceptors (Lipinski definition) is 4. The standard InChI is InChI=1S/C12H23NO3/c1-10-5-4-7-13(8-6-10)9-12(2,15)11(14)16-3/h10,15H,4-9H2,1-3H3. The highest BCUT2D eigenvalue weighted by Gasteiger charge is 2.33. The van der Waals surface area contributed by atoms with Crippen molar-refractivity contribution in [3.63, 3.8) is 0 Å². The van der Waals surface area contributed by atoms with Crippen LogP contribution in [0.4, 0.5) is 0 Å². The lowest BCUT2D eigenvalue weighted by Gasteiger charge is -2.28. The molecule has 0 aromatic rings. The highest BCUT2D eigenvalue weighted by Crippen LogP contribution is 2.18. The fourth-order valence-corrected chi connectivity index (χ4v) is 2.20. The van der Waals surface area contributed by atoms with Crippen LogP contribution in [-0.4, -0.2) is 48.3 Å². The van der Waals surface area contributed by atoms with E-state index in [0.717, 1.165) is 31.8 Å². The number of nitrogens with zero attached hydrogens (tertiary/aromatic N) is 1. The second kappa shape index (κ2) is 5.64. The first-order valence-corrected chi connectivity index (χ1v) is 5.99. The predicted octanol–water partition coefficient (Wildman–Crippen LogP) is 1.03. The average Bonchev–Trinajstić information content (AvgIpc) is 2.42. The first-order valence-electron chi connectivity index (χ1n) is 5.99. The van der Waals surface area contributed by atoms with Crippen molar-refractivity contribution in [3.05, 3.63) is 0 Å². The van der Waals surface area contributed by atoms with Crippen LogP contribution in [0.2, 0.25) is 0 Å². The van der Waals surface area contributed by atoms with Crippen LogP contribution in [0.15, 0.2) is 0 Å². The molecule has 1 saturated heterocycles. The summed E-state index contributed by atoms with van der Waals surface area (Å²) in [7, 11) is 1.31. The molecule has 1 rings (SSSR count). The molecular formula is C12H23NO3. The molecule has 0 amide bonds. The Labute approximate surface area is 97.6 Å². The zero-order valence-corrected chi connectivity index (χ0v) is 10.5. The van der Waals surface area contributed by atoms with Crippen LogP contribution in [-0.2, 0) is 9.53 Å². The number of hydrogen-bond donors (Lipinski definition) is 1. The monoisotopic (exact) mass is 229 g/mol. The number of β-amino-alcohol motifs (C(OH)–C–C–N with tert-alkyl or cyclic N) is 1. The Morgan fingerprint density at radius 3 is 2.81 bits per heavy atom. The molecule has 2 unspecified atom stereocenters. The summed E-state index contributed by atoms with van der Waals surface area (Å²) in [6.45, 7) is 6.05. The van der Waals surface area contributed by atoms with Gasteiger partial charge in [0.05, 0.1) is 7.11 Å². The number of aliphatic hydroxyl groups is 1. The topological polar surface area (TPSA) is 49.8 Å². The van der Waals surface area contributed by atoms with Crippen LogP contribution in [0, 0.1) is 5.92 Å². The van der Waals surface area contributed by atoms with Crippen LogP contribution in [0.3, 0.4) is 0 Å². The fraction of sp³-hybridized carbons (Fsp3) is 0.917. The molecule has 94 valence electrons. The molecule has 0 radical (unpaired) electrons. The van der Waals surface area contributed by atoms with Gasteiger partial charge in [-0.2, -0.15) is 0 Å². The van der Waals surface area contributed by atoms with Crippen LogP contribution < -0.4 is 0 Å².